The minimum Gasteiger partial charge on any atom is -0.508 e. The van der Waals surface area contributed by atoms with E-state index in [2.05, 4.69) is 0 Å². The molecule has 2 aliphatic rings. The summed E-state index contributed by atoms with van der Waals surface area (Å²) in [6.45, 7) is 0. The Hall–Kier alpha value is -0.790. The van der Waals surface area contributed by atoms with Crippen molar-refractivity contribution in [1.82, 2.24) is 0 Å². The Kier molecular flexibility index (Phi) is 2.80. The average Bonchev–Trinajstić information content (AvgIpc) is 2.70. The SMILES string of the molecule is O=S1(=O)C[C@@H]2SC(=S)N(c3ccc(O)cc3)[C@@H]2C1. The molecule has 4 nitrogen and oxygen atoms in total. The monoisotopic (exact) mass is 301 g/mol. The highest BCUT2D eigenvalue weighted by molar-refractivity contribution is 8.24. The van der Waals surface area contributed by atoms with E-state index >= 15 is 0 Å². The van der Waals surface area contributed by atoms with E-state index in [0.717, 1.165) is 5.69 Å². The van der Waals surface area contributed by atoms with Crippen molar-refractivity contribution in [3.63, 3.8) is 0 Å². The van der Waals surface area contributed by atoms with Gasteiger partial charge in [-0.1, -0.05) is 24.0 Å². The number of nitrogens with zero attached hydrogens (tertiary/aromatic N) is 1. The molecule has 0 bridgehead atoms. The smallest absolute Gasteiger partial charge is 0.153 e. The van der Waals surface area contributed by atoms with Crippen LogP contribution >= 0.6 is 24.0 Å². The van der Waals surface area contributed by atoms with Gasteiger partial charge in [0.15, 0.2) is 9.84 Å². The highest BCUT2D eigenvalue weighted by Crippen LogP contribution is 2.41. The van der Waals surface area contributed by atoms with Gasteiger partial charge in [-0.2, -0.15) is 0 Å². The predicted molar refractivity (Wildman–Crippen MR) is 77.0 cm³/mol. The van der Waals surface area contributed by atoms with Crippen LogP contribution < -0.4 is 4.90 Å². The summed E-state index contributed by atoms with van der Waals surface area (Å²) < 4.78 is 24.0. The highest BCUT2D eigenvalue weighted by atomic mass is 32.2. The van der Waals surface area contributed by atoms with Gasteiger partial charge in [-0.25, -0.2) is 8.42 Å². The predicted octanol–water partition coefficient (Wildman–Crippen LogP) is 1.40. The molecule has 0 radical (unpaired) electrons. The number of anilines is 1. The topological polar surface area (TPSA) is 57.6 Å². The number of fused-ring (bicyclic) bond motifs is 1. The standard InChI is InChI=1S/C11H11NO3S3/c13-8-3-1-7(2-4-8)12-9-5-18(14,15)6-10(9)17-11(12)16/h1-4,9-10,13H,5-6H2/t9-,10+/m1/s1. The molecule has 96 valence electrons. The largest absolute Gasteiger partial charge is 0.508 e. The maximum absolute atomic E-state index is 11.7. The third kappa shape index (κ3) is 2.00. The Balaban J connectivity index is 1.96. The molecule has 2 fully saturated rings. The van der Waals surface area contributed by atoms with Crippen LogP contribution in [0.2, 0.25) is 0 Å². The number of hydrogen-bond donors (Lipinski definition) is 1. The molecule has 0 unspecified atom stereocenters. The van der Waals surface area contributed by atoms with Gasteiger partial charge in [0.05, 0.1) is 17.5 Å². The first-order valence-electron chi connectivity index (χ1n) is 5.45. The summed E-state index contributed by atoms with van der Waals surface area (Å²) in [7, 11) is -2.95. The average molecular weight is 301 g/mol. The molecule has 0 spiro atoms. The molecule has 2 atom stereocenters. The molecule has 2 saturated heterocycles. The maximum atomic E-state index is 11.7. The number of sulfone groups is 1. The fourth-order valence-electron chi connectivity index (χ4n) is 2.38. The Bertz CT molecular complexity index is 596. The van der Waals surface area contributed by atoms with Crippen molar-refractivity contribution >= 4 is 43.8 Å². The molecular weight excluding hydrogens is 290 g/mol. The lowest BCUT2D eigenvalue weighted by molar-refractivity contribution is 0.475. The van der Waals surface area contributed by atoms with Gasteiger partial charge in [0, 0.05) is 10.9 Å². The van der Waals surface area contributed by atoms with E-state index in [1.807, 2.05) is 4.90 Å². The van der Waals surface area contributed by atoms with Crippen LogP contribution in [-0.2, 0) is 9.84 Å². The number of thioether (sulfide) groups is 1. The lowest BCUT2D eigenvalue weighted by atomic mass is 10.2. The highest BCUT2D eigenvalue weighted by Gasteiger charge is 2.48. The van der Waals surface area contributed by atoms with Crippen molar-refractivity contribution < 1.29 is 13.5 Å². The van der Waals surface area contributed by atoms with Crippen LogP contribution in [0.5, 0.6) is 5.75 Å². The van der Waals surface area contributed by atoms with Crippen molar-refractivity contribution in [2.75, 3.05) is 16.4 Å². The quantitative estimate of drug-likeness (QED) is 0.791. The van der Waals surface area contributed by atoms with E-state index in [9.17, 15) is 13.5 Å². The minimum absolute atomic E-state index is 0.0382. The molecule has 1 aromatic carbocycles. The van der Waals surface area contributed by atoms with Crippen LogP contribution in [0.3, 0.4) is 0 Å². The van der Waals surface area contributed by atoms with Gasteiger partial charge < -0.3 is 10.0 Å². The number of phenols is 1. The molecule has 7 heteroatoms. The van der Waals surface area contributed by atoms with Crippen LogP contribution in [0.1, 0.15) is 0 Å². The number of aromatic hydroxyl groups is 1. The van der Waals surface area contributed by atoms with E-state index in [1.165, 1.54) is 11.8 Å². The Labute approximate surface area is 115 Å². The van der Waals surface area contributed by atoms with Crippen molar-refractivity contribution in [3.8, 4) is 5.75 Å². The van der Waals surface area contributed by atoms with Gasteiger partial charge in [-0.3, -0.25) is 0 Å². The zero-order valence-corrected chi connectivity index (χ0v) is 11.8. The van der Waals surface area contributed by atoms with Crippen LogP contribution in [0.4, 0.5) is 5.69 Å². The van der Waals surface area contributed by atoms with E-state index < -0.39 is 9.84 Å². The third-order valence-electron chi connectivity index (χ3n) is 3.18. The second kappa shape index (κ2) is 4.11. The second-order valence-corrected chi connectivity index (χ2v) is 8.48. The van der Waals surface area contributed by atoms with Crippen LogP contribution in [0.25, 0.3) is 0 Å². The molecule has 0 aromatic heterocycles. The molecule has 1 aromatic rings. The molecular formula is C11H11NO3S3. The van der Waals surface area contributed by atoms with Crippen LogP contribution in [0, 0.1) is 0 Å². The summed E-state index contributed by atoms with van der Waals surface area (Å²) in [5, 5.41) is 9.32. The molecule has 0 aliphatic carbocycles. The minimum atomic E-state index is -2.95. The fraction of sp³-hybridized carbons (Fsp3) is 0.364. The normalized spacial score (nSPS) is 29.6. The van der Waals surface area contributed by atoms with E-state index in [0.29, 0.717) is 4.32 Å². The zero-order chi connectivity index (χ0) is 12.9. The van der Waals surface area contributed by atoms with Gasteiger partial charge in [-0.15, -0.1) is 0 Å². The molecule has 3 rings (SSSR count). The summed E-state index contributed by atoms with van der Waals surface area (Å²) in [5.74, 6) is 0.551. The molecule has 1 N–H and O–H groups in total. The van der Waals surface area contributed by atoms with Gasteiger partial charge in [0.1, 0.15) is 10.1 Å². The fourth-order valence-corrected chi connectivity index (χ4v) is 6.76. The van der Waals surface area contributed by atoms with Crippen molar-refractivity contribution in [3.05, 3.63) is 24.3 Å². The van der Waals surface area contributed by atoms with Gasteiger partial charge >= 0.3 is 0 Å². The number of rotatable bonds is 1. The molecule has 0 amide bonds. The van der Waals surface area contributed by atoms with Crippen molar-refractivity contribution in [2.45, 2.75) is 11.3 Å². The van der Waals surface area contributed by atoms with E-state index in [4.69, 9.17) is 12.2 Å². The Morgan fingerprint density at radius 1 is 1.28 bits per heavy atom. The summed E-state index contributed by atoms with van der Waals surface area (Å²) in [5.41, 5.74) is 0.843. The van der Waals surface area contributed by atoms with E-state index in [-0.39, 0.29) is 28.5 Å². The summed E-state index contributed by atoms with van der Waals surface area (Å²) >= 11 is 6.78. The van der Waals surface area contributed by atoms with E-state index in [1.54, 1.807) is 24.3 Å². The first kappa shape index (κ1) is 12.3. The first-order chi connectivity index (χ1) is 8.46. The van der Waals surface area contributed by atoms with Crippen LogP contribution in [0.15, 0.2) is 24.3 Å². The first-order valence-corrected chi connectivity index (χ1v) is 8.56. The number of benzene rings is 1. The van der Waals surface area contributed by atoms with Crippen LogP contribution in [-0.4, -0.2) is 40.6 Å². The number of thiocarbonyl (C=S) groups is 1. The third-order valence-corrected chi connectivity index (χ3v) is 6.78. The Morgan fingerprint density at radius 3 is 2.61 bits per heavy atom. The van der Waals surface area contributed by atoms with Gasteiger partial charge in [0.25, 0.3) is 0 Å². The summed E-state index contributed by atoms with van der Waals surface area (Å²) in [6.07, 6.45) is 0. The molecule has 2 aliphatic heterocycles. The lowest BCUT2D eigenvalue weighted by Gasteiger charge is -2.23. The van der Waals surface area contributed by atoms with Gasteiger partial charge in [0.2, 0.25) is 0 Å². The molecule has 18 heavy (non-hydrogen) atoms. The molecule has 2 heterocycles. The lowest BCUT2D eigenvalue weighted by Crippen LogP contribution is -2.36. The summed E-state index contributed by atoms with van der Waals surface area (Å²) in [4.78, 5) is 1.90. The molecule has 0 saturated carbocycles. The maximum Gasteiger partial charge on any atom is 0.153 e. The van der Waals surface area contributed by atoms with Crippen molar-refractivity contribution in [1.29, 1.82) is 0 Å². The second-order valence-electron chi connectivity index (χ2n) is 4.45. The zero-order valence-electron chi connectivity index (χ0n) is 9.31. The Morgan fingerprint density at radius 2 is 1.94 bits per heavy atom. The number of hydrogen-bond acceptors (Lipinski definition) is 5. The summed E-state index contributed by atoms with van der Waals surface area (Å²) in [6, 6.07) is 6.61. The van der Waals surface area contributed by atoms with Gasteiger partial charge in [-0.05, 0) is 24.3 Å². The van der Waals surface area contributed by atoms with Crippen molar-refractivity contribution in [2.24, 2.45) is 0 Å². The number of phenolic OH excluding ortho intramolecular Hbond substituents is 1.